The zero-order valence-corrected chi connectivity index (χ0v) is 14.0. The van der Waals surface area contributed by atoms with Gasteiger partial charge < -0.3 is 14.7 Å². The fraction of sp³-hybridized carbons (Fsp3) is 0.688. The quantitative estimate of drug-likeness (QED) is 0.913. The van der Waals surface area contributed by atoms with Gasteiger partial charge >= 0.3 is 0 Å². The molecule has 0 radical (unpaired) electrons. The zero-order chi connectivity index (χ0) is 15.7. The van der Waals surface area contributed by atoms with Crippen LogP contribution in [-0.4, -0.2) is 72.4 Å². The maximum absolute atomic E-state index is 12.6. The second kappa shape index (κ2) is 6.66. The Morgan fingerprint density at radius 1 is 1.36 bits per heavy atom. The molecule has 2 aliphatic rings. The molecule has 3 heterocycles. The number of rotatable bonds is 3. The molecule has 122 valence electrons. The van der Waals surface area contributed by atoms with Crippen molar-refractivity contribution in [2.45, 2.75) is 31.9 Å². The number of aliphatic hydroxyl groups is 1. The first kappa shape index (κ1) is 15.9. The van der Waals surface area contributed by atoms with Crippen LogP contribution in [0, 0.1) is 0 Å². The van der Waals surface area contributed by atoms with Crippen molar-refractivity contribution in [3.63, 3.8) is 0 Å². The van der Waals surface area contributed by atoms with Crippen molar-refractivity contribution in [1.82, 2.24) is 9.80 Å². The second-order valence-electron chi connectivity index (χ2n) is 6.39. The van der Waals surface area contributed by atoms with E-state index in [2.05, 4.69) is 18.7 Å². The highest BCUT2D eigenvalue weighted by Crippen LogP contribution is 2.26. The van der Waals surface area contributed by atoms with E-state index in [1.54, 1.807) is 16.2 Å². The summed E-state index contributed by atoms with van der Waals surface area (Å²) in [6.07, 6.45) is -0.467. The summed E-state index contributed by atoms with van der Waals surface area (Å²) in [5.41, 5.74) is 0.753. The number of carbonyl (C=O) groups is 1. The highest BCUT2D eigenvalue weighted by Gasteiger charge is 2.38. The number of carbonyl (C=O) groups excluding carboxylic acids is 1. The first-order valence-corrected chi connectivity index (χ1v) is 8.82. The van der Waals surface area contributed by atoms with Gasteiger partial charge in [0.1, 0.15) is 0 Å². The number of β-amino-alcohol motifs (C(OH)–C–C–N with tert-alkyl or cyclic N) is 1. The molecule has 1 N–H and O–H groups in total. The standard InChI is InChI=1S/C16H24N2O3S/c1-11(2)15-7-12(10-22-15)16(20)18-8-13(14(19)9-18)17-3-5-21-6-4-17/h7,10-11,13-14,19H,3-6,8-9H2,1-2H3/t13-,14-/m1/s1. The molecule has 22 heavy (non-hydrogen) atoms. The van der Waals surface area contributed by atoms with Gasteiger partial charge in [0.15, 0.2) is 0 Å². The van der Waals surface area contributed by atoms with Gasteiger partial charge in [-0.05, 0) is 12.0 Å². The molecule has 5 nitrogen and oxygen atoms in total. The predicted molar refractivity (Wildman–Crippen MR) is 86.5 cm³/mol. The first-order chi connectivity index (χ1) is 10.6. The Morgan fingerprint density at radius 3 is 2.73 bits per heavy atom. The molecule has 0 unspecified atom stereocenters. The van der Waals surface area contributed by atoms with Gasteiger partial charge in [0.25, 0.3) is 5.91 Å². The van der Waals surface area contributed by atoms with Crippen LogP contribution in [0.25, 0.3) is 0 Å². The minimum atomic E-state index is -0.467. The van der Waals surface area contributed by atoms with Crippen LogP contribution in [-0.2, 0) is 4.74 Å². The van der Waals surface area contributed by atoms with Crippen LogP contribution < -0.4 is 0 Å². The van der Waals surface area contributed by atoms with Crippen LogP contribution in [0.3, 0.4) is 0 Å². The molecule has 3 rings (SSSR count). The van der Waals surface area contributed by atoms with Crippen LogP contribution in [0.5, 0.6) is 0 Å². The number of ether oxygens (including phenoxy) is 1. The number of morpholine rings is 1. The van der Waals surface area contributed by atoms with Gasteiger partial charge in [-0.25, -0.2) is 0 Å². The molecule has 0 aliphatic carbocycles. The minimum absolute atomic E-state index is 0.0380. The highest BCUT2D eigenvalue weighted by molar-refractivity contribution is 7.10. The molecule has 0 aromatic carbocycles. The topological polar surface area (TPSA) is 53.0 Å². The van der Waals surface area contributed by atoms with Gasteiger partial charge in [-0.2, -0.15) is 0 Å². The molecule has 0 bridgehead atoms. The summed E-state index contributed by atoms with van der Waals surface area (Å²) in [4.78, 5) is 17.9. The molecular formula is C16H24N2O3S. The van der Waals surface area contributed by atoms with E-state index in [1.807, 2.05) is 11.4 Å². The van der Waals surface area contributed by atoms with Gasteiger partial charge in [0.2, 0.25) is 0 Å². The number of thiophene rings is 1. The third-order valence-corrected chi connectivity index (χ3v) is 5.73. The number of hydrogen-bond acceptors (Lipinski definition) is 5. The molecule has 0 spiro atoms. The van der Waals surface area contributed by atoms with E-state index in [4.69, 9.17) is 4.74 Å². The van der Waals surface area contributed by atoms with Crippen LogP contribution in [0.15, 0.2) is 11.4 Å². The summed E-state index contributed by atoms with van der Waals surface area (Å²) < 4.78 is 5.36. The summed E-state index contributed by atoms with van der Waals surface area (Å²) in [6.45, 7) is 8.38. The molecule has 1 aromatic heterocycles. The summed E-state index contributed by atoms with van der Waals surface area (Å²) in [6, 6.07) is 2.03. The normalized spacial score (nSPS) is 26.8. The van der Waals surface area contributed by atoms with Gasteiger partial charge in [-0.3, -0.25) is 9.69 Å². The van der Waals surface area contributed by atoms with Gasteiger partial charge in [-0.15, -0.1) is 11.3 Å². The van der Waals surface area contributed by atoms with E-state index in [-0.39, 0.29) is 11.9 Å². The second-order valence-corrected chi connectivity index (χ2v) is 7.33. The SMILES string of the molecule is CC(C)c1cc(C(=O)N2C[C@@H](O)[C@H](N3CCOCC3)C2)cs1. The number of amides is 1. The lowest BCUT2D eigenvalue weighted by Crippen LogP contribution is -2.49. The Morgan fingerprint density at radius 2 is 2.09 bits per heavy atom. The lowest BCUT2D eigenvalue weighted by Gasteiger charge is -2.33. The Balaban J connectivity index is 1.66. The molecule has 2 atom stereocenters. The first-order valence-electron chi connectivity index (χ1n) is 7.94. The Bertz CT molecular complexity index is 525. The highest BCUT2D eigenvalue weighted by atomic mass is 32.1. The predicted octanol–water partition coefficient (Wildman–Crippen LogP) is 1.39. The van der Waals surface area contributed by atoms with Crippen molar-refractivity contribution < 1.29 is 14.6 Å². The van der Waals surface area contributed by atoms with Crippen LogP contribution in [0.4, 0.5) is 0 Å². The van der Waals surface area contributed by atoms with Crippen molar-refractivity contribution in [2.75, 3.05) is 39.4 Å². The number of nitrogens with zero attached hydrogens (tertiary/aromatic N) is 2. The monoisotopic (exact) mass is 324 g/mol. The van der Waals surface area contributed by atoms with Crippen molar-refractivity contribution in [3.05, 3.63) is 21.9 Å². The lowest BCUT2D eigenvalue weighted by atomic mass is 10.1. The fourth-order valence-electron chi connectivity index (χ4n) is 3.15. The van der Waals surface area contributed by atoms with E-state index < -0.39 is 6.10 Å². The average molecular weight is 324 g/mol. The Kier molecular flexibility index (Phi) is 4.82. The van der Waals surface area contributed by atoms with E-state index in [9.17, 15) is 9.90 Å². The number of likely N-dealkylation sites (tertiary alicyclic amines) is 1. The molecule has 0 saturated carbocycles. The summed E-state index contributed by atoms with van der Waals surface area (Å²) in [7, 11) is 0. The van der Waals surface area contributed by atoms with E-state index in [0.29, 0.717) is 32.2 Å². The van der Waals surface area contributed by atoms with Crippen molar-refractivity contribution in [2.24, 2.45) is 0 Å². The lowest BCUT2D eigenvalue weighted by molar-refractivity contribution is -0.00611. The molecule has 2 saturated heterocycles. The van der Waals surface area contributed by atoms with Crippen LogP contribution in [0.1, 0.15) is 35.0 Å². The summed E-state index contributed by atoms with van der Waals surface area (Å²) in [5.74, 6) is 0.481. The number of aliphatic hydroxyl groups excluding tert-OH is 1. The maximum atomic E-state index is 12.6. The molecular weight excluding hydrogens is 300 g/mol. The van der Waals surface area contributed by atoms with Crippen LogP contribution >= 0.6 is 11.3 Å². The molecule has 2 fully saturated rings. The Hall–Kier alpha value is -0.950. The summed E-state index contributed by atoms with van der Waals surface area (Å²) >= 11 is 1.64. The van der Waals surface area contributed by atoms with E-state index in [1.165, 1.54) is 4.88 Å². The van der Waals surface area contributed by atoms with Crippen molar-refractivity contribution >= 4 is 17.2 Å². The van der Waals surface area contributed by atoms with E-state index in [0.717, 1.165) is 18.7 Å². The largest absolute Gasteiger partial charge is 0.390 e. The van der Waals surface area contributed by atoms with Crippen molar-refractivity contribution in [3.8, 4) is 0 Å². The van der Waals surface area contributed by atoms with E-state index >= 15 is 0 Å². The van der Waals surface area contributed by atoms with Gasteiger partial charge in [-0.1, -0.05) is 13.8 Å². The minimum Gasteiger partial charge on any atom is -0.390 e. The van der Waals surface area contributed by atoms with Crippen LogP contribution in [0.2, 0.25) is 0 Å². The fourth-order valence-corrected chi connectivity index (χ4v) is 4.05. The third kappa shape index (κ3) is 3.20. The van der Waals surface area contributed by atoms with Gasteiger partial charge in [0.05, 0.1) is 30.9 Å². The third-order valence-electron chi connectivity index (χ3n) is 4.50. The molecule has 1 amide bonds. The maximum Gasteiger partial charge on any atom is 0.254 e. The van der Waals surface area contributed by atoms with Crippen molar-refractivity contribution in [1.29, 1.82) is 0 Å². The zero-order valence-electron chi connectivity index (χ0n) is 13.2. The smallest absolute Gasteiger partial charge is 0.254 e. The number of hydrogen-bond donors (Lipinski definition) is 1. The molecule has 6 heteroatoms. The molecule has 1 aromatic rings. The average Bonchev–Trinajstić information content (AvgIpc) is 3.14. The summed E-state index contributed by atoms with van der Waals surface area (Å²) in [5, 5.41) is 12.3. The molecule has 2 aliphatic heterocycles. The Labute approximate surface area is 135 Å². The van der Waals surface area contributed by atoms with Gasteiger partial charge in [0, 0.05) is 36.4 Å².